The van der Waals surface area contributed by atoms with E-state index in [-0.39, 0.29) is 12.0 Å². The fourth-order valence-electron chi connectivity index (χ4n) is 3.98. The van der Waals surface area contributed by atoms with Crippen LogP contribution < -0.4 is 4.74 Å². The van der Waals surface area contributed by atoms with Gasteiger partial charge in [-0.3, -0.25) is 0 Å². The summed E-state index contributed by atoms with van der Waals surface area (Å²) in [7, 11) is 0. The maximum atomic E-state index is 14.7. The minimum absolute atomic E-state index is 0.0221. The average Bonchev–Trinajstić information content (AvgIpc) is 2.68. The first-order chi connectivity index (χ1) is 14.5. The van der Waals surface area contributed by atoms with Crippen molar-refractivity contribution in [3.8, 4) is 5.75 Å². The number of halogens is 8. The molecule has 0 aromatic heterocycles. The third-order valence-corrected chi connectivity index (χ3v) is 5.53. The van der Waals surface area contributed by atoms with E-state index in [1.807, 2.05) is 6.92 Å². The second kappa shape index (κ2) is 8.67. The highest BCUT2D eigenvalue weighted by Crippen LogP contribution is 2.51. The standard InChI is InChI=1S/C22H20F8O/c1-2-3-12-4-6-14(16(24)10-12)13-5-9-18(21(27,28)11-13)22(29,30)31-17-8-7-15(23)19(25)20(17)26/h4,6-8,10,13,18H,2-3,5,9,11H2,1H3. The largest absolute Gasteiger partial charge is 0.429 e. The van der Waals surface area contributed by atoms with Crippen LogP contribution in [0.25, 0.3) is 0 Å². The van der Waals surface area contributed by atoms with Crippen molar-refractivity contribution < 1.29 is 39.9 Å². The number of rotatable bonds is 6. The molecule has 1 aliphatic carbocycles. The van der Waals surface area contributed by atoms with Gasteiger partial charge in [-0.05, 0) is 54.5 Å². The molecule has 0 radical (unpaired) electrons. The summed E-state index contributed by atoms with van der Waals surface area (Å²) in [4.78, 5) is 0. The van der Waals surface area contributed by atoms with Crippen molar-refractivity contribution in [1.82, 2.24) is 0 Å². The van der Waals surface area contributed by atoms with Gasteiger partial charge in [0.15, 0.2) is 17.4 Å². The Morgan fingerprint density at radius 3 is 2.29 bits per heavy atom. The molecule has 2 aromatic rings. The molecule has 2 aromatic carbocycles. The minimum Gasteiger partial charge on any atom is -0.429 e. The molecule has 31 heavy (non-hydrogen) atoms. The predicted molar refractivity (Wildman–Crippen MR) is 97.3 cm³/mol. The number of aryl methyl sites for hydroxylation is 1. The van der Waals surface area contributed by atoms with Crippen LogP contribution in [0.2, 0.25) is 0 Å². The van der Waals surface area contributed by atoms with Crippen LogP contribution in [0, 0.1) is 29.2 Å². The van der Waals surface area contributed by atoms with Gasteiger partial charge in [0.2, 0.25) is 5.82 Å². The van der Waals surface area contributed by atoms with Crippen molar-refractivity contribution >= 4 is 0 Å². The summed E-state index contributed by atoms with van der Waals surface area (Å²) >= 11 is 0. The number of benzene rings is 2. The van der Waals surface area contributed by atoms with Gasteiger partial charge in [0.05, 0.1) is 0 Å². The minimum atomic E-state index is -4.57. The second-order valence-electron chi connectivity index (χ2n) is 7.74. The van der Waals surface area contributed by atoms with Gasteiger partial charge in [0.25, 0.3) is 5.92 Å². The first-order valence-electron chi connectivity index (χ1n) is 9.82. The summed E-state index contributed by atoms with van der Waals surface area (Å²) in [6.07, 6.45) is -5.15. The van der Waals surface area contributed by atoms with Crippen LogP contribution in [0.15, 0.2) is 30.3 Å². The van der Waals surface area contributed by atoms with E-state index in [0.29, 0.717) is 24.1 Å². The van der Waals surface area contributed by atoms with Gasteiger partial charge in [-0.15, -0.1) is 0 Å². The van der Waals surface area contributed by atoms with Crippen LogP contribution in [0.5, 0.6) is 5.75 Å². The van der Waals surface area contributed by atoms with Crippen molar-refractivity contribution in [2.75, 3.05) is 0 Å². The Kier molecular flexibility index (Phi) is 6.53. The third kappa shape index (κ3) is 4.80. The SMILES string of the molecule is CCCc1ccc(C2CCC(C(F)(F)Oc3ccc(F)c(F)c3F)C(F)(F)C2)c(F)c1. The van der Waals surface area contributed by atoms with Crippen molar-refractivity contribution in [2.45, 2.75) is 57.0 Å². The van der Waals surface area contributed by atoms with Crippen LogP contribution in [0.4, 0.5) is 35.1 Å². The summed E-state index contributed by atoms with van der Waals surface area (Å²) in [5, 5.41) is 0. The molecule has 1 nitrogen and oxygen atoms in total. The molecular formula is C22H20F8O. The summed E-state index contributed by atoms with van der Waals surface area (Å²) in [6.45, 7) is 1.90. The smallest absolute Gasteiger partial charge is 0.406 e. The fourth-order valence-corrected chi connectivity index (χ4v) is 3.98. The van der Waals surface area contributed by atoms with E-state index in [0.717, 1.165) is 6.42 Å². The number of hydrogen-bond donors (Lipinski definition) is 0. The Hall–Kier alpha value is -2.32. The highest BCUT2D eigenvalue weighted by atomic mass is 19.3. The zero-order chi connectivity index (χ0) is 23.0. The van der Waals surface area contributed by atoms with E-state index in [4.69, 9.17) is 0 Å². The van der Waals surface area contributed by atoms with Crippen LogP contribution in [-0.2, 0) is 6.42 Å². The molecule has 1 aliphatic rings. The van der Waals surface area contributed by atoms with Crippen molar-refractivity contribution in [1.29, 1.82) is 0 Å². The lowest BCUT2D eigenvalue weighted by atomic mass is 9.75. The van der Waals surface area contributed by atoms with Crippen molar-refractivity contribution in [3.05, 3.63) is 64.7 Å². The molecule has 1 fully saturated rings. The molecule has 9 heteroatoms. The molecule has 0 spiro atoms. The second-order valence-corrected chi connectivity index (χ2v) is 7.74. The van der Waals surface area contributed by atoms with Crippen LogP contribution in [0.3, 0.4) is 0 Å². The van der Waals surface area contributed by atoms with Gasteiger partial charge in [0.1, 0.15) is 11.7 Å². The van der Waals surface area contributed by atoms with Crippen LogP contribution in [0.1, 0.15) is 49.7 Å². The summed E-state index contributed by atoms with van der Waals surface area (Å²) < 4.78 is 117. The molecule has 0 heterocycles. The zero-order valence-electron chi connectivity index (χ0n) is 16.5. The molecule has 1 saturated carbocycles. The Morgan fingerprint density at radius 1 is 0.968 bits per heavy atom. The average molecular weight is 452 g/mol. The number of ether oxygens (including phenoxy) is 1. The third-order valence-electron chi connectivity index (χ3n) is 5.53. The topological polar surface area (TPSA) is 9.23 Å². The molecular weight excluding hydrogens is 432 g/mol. The summed E-state index contributed by atoms with van der Waals surface area (Å²) in [6, 6.07) is 5.03. The maximum absolute atomic E-state index is 14.7. The molecule has 0 N–H and O–H groups in total. The molecule has 0 bridgehead atoms. The van der Waals surface area contributed by atoms with Gasteiger partial charge >= 0.3 is 6.11 Å². The lowest BCUT2D eigenvalue weighted by molar-refractivity contribution is -0.279. The van der Waals surface area contributed by atoms with E-state index < -0.39 is 65.7 Å². The molecule has 0 aliphatic heterocycles. The fraction of sp³-hybridized carbons (Fsp3) is 0.455. The van der Waals surface area contributed by atoms with Gasteiger partial charge in [-0.1, -0.05) is 25.5 Å². The molecule has 3 rings (SSSR count). The molecule has 170 valence electrons. The van der Waals surface area contributed by atoms with Crippen molar-refractivity contribution in [3.63, 3.8) is 0 Å². The molecule has 0 amide bonds. The Bertz CT molecular complexity index is 943. The van der Waals surface area contributed by atoms with Crippen molar-refractivity contribution in [2.24, 2.45) is 5.92 Å². The summed E-state index contributed by atoms with van der Waals surface area (Å²) in [5.74, 6) is -15.4. The van der Waals surface area contributed by atoms with E-state index in [1.165, 1.54) is 12.1 Å². The Morgan fingerprint density at radius 2 is 1.68 bits per heavy atom. The number of alkyl halides is 4. The van der Waals surface area contributed by atoms with Gasteiger partial charge < -0.3 is 4.74 Å². The van der Waals surface area contributed by atoms with Gasteiger partial charge in [0, 0.05) is 6.42 Å². The lowest BCUT2D eigenvalue weighted by Gasteiger charge is -2.39. The van der Waals surface area contributed by atoms with Gasteiger partial charge in [-0.25, -0.2) is 22.0 Å². The number of hydrogen-bond acceptors (Lipinski definition) is 1. The Labute approximate surface area is 174 Å². The van der Waals surface area contributed by atoms with E-state index in [2.05, 4.69) is 4.74 Å². The molecule has 2 atom stereocenters. The molecule has 2 unspecified atom stereocenters. The monoisotopic (exact) mass is 452 g/mol. The first-order valence-corrected chi connectivity index (χ1v) is 9.82. The predicted octanol–water partition coefficient (Wildman–Crippen LogP) is 7.39. The van der Waals surface area contributed by atoms with E-state index in [1.54, 1.807) is 6.07 Å². The van der Waals surface area contributed by atoms with E-state index in [9.17, 15) is 35.1 Å². The molecule has 0 saturated heterocycles. The summed E-state index contributed by atoms with van der Waals surface area (Å²) in [5.41, 5.74) is 0.728. The first kappa shape index (κ1) is 23.3. The van der Waals surface area contributed by atoms with Crippen LogP contribution >= 0.6 is 0 Å². The lowest BCUT2D eigenvalue weighted by Crippen LogP contribution is -2.48. The zero-order valence-corrected chi connectivity index (χ0v) is 16.5. The highest BCUT2D eigenvalue weighted by molar-refractivity contribution is 5.29. The van der Waals surface area contributed by atoms with Crippen LogP contribution in [-0.4, -0.2) is 12.0 Å². The highest BCUT2D eigenvalue weighted by Gasteiger charge is 2.59. The van der Waals surface area contributed by atoms with Gasteiger partial charge in [-0.2, -0.15) is 13.2 Å². The Balaban J connectivity index is 1.79. The normalized spacial score (nSPS) is 21.2. The maximum Gasteiger partial charge on any atom is 0.406 e. The van der Waals surface area contributed by atoms with E-state index >= 15 is 0 Å². The quantitative estimate of drug-likeness (QED) is 0.328.